The summed E-state index contributed by atoms with van der Waals surface area (Å²) >= 11 is 0. The average Bonchev–Trinajstić information content (AvgIpc) is 2.58. The smallest absolute Gasteiger partial charge is 0.194 e. The lowest BCUT2D eigenvalue weighted by atomic mass is 9.89. The molecule has 0 unspecified atom stereocenters. The van der Waals surface area contributed by atoms with Crippen LogP contribution in [0.1, 0.15) is 13.8 Å². The third kappa shape index (κ3) is 5.20. The first-order valence-corrected chi connectivity index (χ1v) is 8.71. The minimum absolute atomic E-state index is 0. The number of guanidine groups is 1. The van der Waals surface area contributed by atoms with E-state index in [1.165, 1.54) is 12.1 Å². The van der Waals surface area contributed by atoms with Gasteiger partial charge >= 0.3 is 0 Å². The first-order valence-electron chi connectivity index (χ1n) is 8.71. The molecule has 0 amide bonds. The van der Waals surface area contributed by atoms with E-state index < -0.39 is 0 Å². The van der Waals surface area contributed by atoms with Gasteiger partial charge in [-0.2, -0.15) is 0 Å². The molecule has 1 aromatic rings. The van der Waals surface area contributed by atoms with Crippen molar-refractivity contribution in [1.82, 2.24) is 10.2 Å². The summed E-state index contributed by atoms with van der Waals surface area (Å²) < 4.78 is 18.4. The molecule has 5 nitrogen and oxygen atoms in total. The quantitative estimate of drug-likeness (QED) is 0.425. The predicted octanol–water partition coefficient (Wildman–Crippen LogP) is 2.57. The van der Waals surface area contributed by atoms with Gasteiger partial charge in [0.2, 0.25) is 0 Å². The highest BCUT2D eigenvalue weighted by Crippen LogP contribution is 2.26. The number of halogens is 2. The third-order valence-electron chi connectivity index (χ3n) is 4.62. The van der Waals surface area contributed by atoms with Crippen molar-refractivity contribution >= 4 is 35.6 Å². The zero-order valence-electron chi connectivity index (χ0n) is 15.0. The van der Waals surface area contributed by atoms with Gasteiger partial charge in [0.1, 0.15) is 5.82 Å². The number of hydrogen-bond acceptors (Lipinski definition) is 3. The number of anilines is 1. The second-order valence-electron chi connectivity index (χ2n) is 6.92. The predicted molar refractivity (Wildman–Crippen MR) is 111 cm³/mol. The Morgan fingerprint density at radius 3 is 2.36 bits per heavy atom. The fourth-order valence-electron chi connectivity index (χ4n) is 3.06. The summed E-state index contributed by atoms with van der Waals surface area (Å²) in [5, 5.41) is 3.40. The zero-order valence-corrected chi connectivity index (χ0v) is 17.3. The van der Waals surface area contributed by atoms with Gasteiger partial charge in [-0.1, -0.05) is 6.92 Å². The topological polar surface area (TPSA) is 40.1 Å². The van der Waals surface area contributed by atoms with E-state index in [9.17, 15) is 4.39 Å². The monoisotopic (exact) mass is 462 g/mol. The highest BCUT2D eigenvalue weighted by molar-refractivity contribution is 14.0. The first-order chi connectivity index (χ1) is 11.6. The Balaban J connectivity index is 0.00000225. The SMILES string of the molecule is CCNC(=NCC1(C)COC1)N1CCN(c2ccc(F)cc2)CC1.I. The molecule has 2 fully saturated rings. The molecule has 0 bridgehead atoms. The maximum absolute atomic E-state index is 13.1. The fraction of sp³-hybridized carbons (Fsp3) is 0.611. The number of benzene rings is 1. The molecule has 2 aliphatic rings. The van der Waals surface area contributed by atoms with Crippen LogP contribution in [0.3, 0.4) is 0 Å². The minimum atomic E-state index is -0.188. The lowest BCUT2D eigenvalue weighted by Gasteiger charge is -2.39. The molecule has 2 aliphatic heterocycles. The average molecular weight is 462 g/mol. The number of rotatable bonds is 4. The van der Waals surface area contributed by atoms with Gasteiger partial charge in [0, 0.05) is 43.8 Å². The molecular weight excluding hydrogens is 434 g/mol. The van der Waals surface area contributed by atoms with Gasteiger partial charge in [-0.25, -0.2) is 4.39 Å². The summed E-state index contributed by atoms with van der Waals surface area (Å²) in [6.07, 6.45) is 0. The fourth-order valence-corrected chi connectivity index (χ4v) is 3.06. The van der Waals surface area contributed by atoms with E-state index in [-0.39, 0.29) is 35.2 Å². The molecule has 0 saturated carbocycles. The van der Waals surface area contributed by atoms with E-state index in [1.54, 1.807) is 0 Å². The summed E-state index contributed by atoms with van der Waals surface area (Å²) in [5.41, 5.74) is 1.27. The Labute approximate surface area is 166 Å². The van der Waals surface area contributed by atoms with E-state index in [4.69, 9.17) is 9.73 Å². The molecule has 0 spiro atoms. The molecule has 2 heterocycles. The van der Waals surface area contributed by atoms with Crippen LogP contribution in [0.5, 0.6) is 0 Å². The molecule has 25 heavy (non-hydrogen) atoms. The lowest BCUT2D eigenvalue weighted by Crippen LogP contribution is -2.53. The summed E-state index contributed by atoms with van der Waals surface area (Å²) in [5.74, 6) is 0.803. The van der Waals surface area contributed by atoms with Crippen molar-refractivity contribution in [3.63, 3.8) is 0 Å². The van der Waals surface area contributed by atoms with E-state index in [1.807, 2.05) is 12.1 Å². The van der Waals surface area contributed by atoms with Gasteiger partial charge in [0.05, 0.1) is 19.8 Å². The number of hydrogen-bond donors (Lipinski definition) is 1. The second-order valence-corrected chi connectivity index (χ2v) is 6.92. The highest BCUT2D eigenvalue weighted by atomic mass is 127. The number of ether oxygens (including phenoxy) is 1. The normalized spacial score (nSPS) is 19.9. The van der Waals surface area contributed by atoms with E-state index in [2.05, 4.69) is 29.0 Å². The molecule has 7 heteroatoms. The van der Waals surface area contributed by atoms with Gasteiger partial charge in [-0.15, -0.1) is 24.0 Å². The molecule has 0 aliphatic carbocycles. The summed E-state index contributed by atoms with van der Waals surface area (Å²) in [6, 6.07) is 6.74. The molecular formula is C18H28FIN4O. The summed E-state index contributed by atoms with van der Waals surface area (Å²) in [4.78, 5) is 9.43. The number of aliphatic imine (C=N–C) groups is 1. The molecule has 1 N–H and O–H groups in total. The number of nitrogens with zero attached hydrogens (tertiary/aromatic N) is 3. The van der Waals surface area contributed by atoms with E-state index in [0.29, 0.717) is 0 Å². The van der Waals surface area contributed by atoms with Crippen LogP contribution in [-0.4, -0.2) is 63.3 Å². The van der Waals surface area contributed by atoms with E-state index >= 15 is 0 Å². The molecule has 0 atom stereocenters. The van der Waals surface area contributed by atoms with Crippen LogP contribution in [0, 0.1) is 11.2 Å². The van der Waals surface area contributed by atoms with Gasteiger partial charge < -0.3 is 19.9 Å². The van der Waals surface area contributed by atoms with Crippen molar-refractivity contribution in [3.05, 3.63) is 30.1 Å². The van der Waals surface area contributed by atoms with Crippen LogP contribution in [-0.2, 0) is 4.74 Å². The third-order valence-corrected chi connectivity index (χ3v) is 4.62. The summed E-state index contributed by atoms with van der Waals surface area (Å²) in [6.45, 7) is 11.2. The van der Waals surface area contributed by atoms with Gasteiger partial charge in [0.15, 0.2) is 5.96 Å². The first kappa shape index (κ1) is 20.2. The Hall–Kier alpha value is -1.09. The minimum Gasteiger partial charge on any atom is -0.380 e. The standard InChI is InChI=1S/C18H27FN4O.HI/c1-3-20-17(21-12-18(2)13-24-14-18)23-10-8-22(9-11-23)16-6-4-15(19)5-7-16;/h4-7H,3,8-14H2,1-2H3,(H,20,21);1H. The van der Waals surface area contributed by atoms with Crippen LogP contribution in [0.2, 0.25) is 0 Å². The Bertz CT molecular complexity index is 569. The van der Waals surface area contributed by atoms with Gasteiger partial charge in [0.25, 0.3) is 0 Å². The molecule has 0 radical (unpaired) electrons. The van der Waals surface area contributed by atoms with Crippen molar-refractivity contribution in [2.75, 3.05) is 57.4 Å². The zero-order chi connectivity index (χ0) is 17.0. The van der Waals surface area contributed by atoms with Crippen LogP contribution < -0.4 is 10.2 Å². The Morgan fingerprint density at radius 2 is 1.84 bits per heavy atom. The Kier molecular flexibility index (Phi) is 7.30. The second kappa shape index (κ2) is 9.02. The summed E-state index contributed by atoms with van der Waals surface area (Å²) in [7, 11) is 0. The molecule has 140 valence electrons. The van der Waals surface area contributed by atoms with Gasteiger partial charge in [-0.05, 0) is 31.2 Å². The van der Waals surface area contributed by atoms with Crippen molar-refractivity contribution in [2.24, 2.45) is 10.4 Å². The van der Waals surface area contributed by atoms with Crippen molar-refractivity contribution in [1.29, 1.82) is 0 Å². The van der Waals surface area contributed by atoms with Crippen LogP contribution >= 0.6 is 24.0 Å². The maximum atomic E-state index is 13.1. The van der Waals surface area contributed by atoms with Crippen LogP contribution in [0.15, 0.2) is 29.3 Å². The highest BCUT2D eigenvalue weighted by Gasteiger charge is 2.33. The maximum Gasteiger partial charge on any atom is 0.194 e. The Morgan fingerprint density at radius 1 is 1.20 bits per heavy atom. The van der Waals surface area contributed by atoms with Gasteiger partial charge in [-0.3, -0.25) is 4.99 Å². The van der Waals surface area contributed by atoms with E-state index in [0.717, 1.165) is 64.1 Å². The molecule has 1 aromatic carbocycles. The number of nitrogens with one attached hydrogen (secondary N) is 1. The van der Waals surface area contributed by atoms with Crippen LogP contribution in [0.4, 0.5) is 10.1 Å². The molecule has 0 aromatic heterocycles. The largest absolute Gasteiger partial charge is 0.380 e. The van der Waals surface area contributed by atoms with Crippen molar-refractivity contribution in [2.45, 2.75) is 13.8 Å². The molecule has 2 saturated heterocycles. The van der Waals surface area contributed by atoms with Crippen molar-refractivity contribution in [3.8, 4) is 0 Å². The molecule has 3 rings (SSSR count). The number of piperazine rings is 1. The van der Waals surface area contributed by atoms with Crippen molar-refractivity contribution < 1.29 is 9.13 Å². The van der Waals surface area contributed by atoms with Crippen LogP contribution in [0.25, 0.3) is 0 Å². The lowest BCUT2D eigenvalue weighted by molar-refractivity contribution is -0.0946.